The number of para-hydroxylation sites is 1. The molecule has 1 spiro atoms. The molecule has 6 heteroatoms. The fraction of sp³-hybridized carbons (Fsp3) is 0.650. The van der Waals surface area contributed by atoms with Crippen LogP contribution in [0.1, 0.15) is 36.0 Å². The van der Waals surface area contributed by atoms with Crippen LogP contribution in [0, 0.1) is 0 Å². The van der Waals surface area contributed by atoms with Crippen LogP contribution < -0.4 is 4.90 Å². The summed E-state index contributed by atoms with van der Waals surface area (Å²) in [4.78, 5) is 17.3. The summed E-state index contributed by atoms with van der Waals surface area (Å²) in [7, 11) is 0. The summed E-state index contributed by atoms with van der Waals surface area (Å²) >= 11 is 0. The van der Waals surface area contributed by atoms with E-state index in [2.05, 4.69) is 4.90 Å². The van der Waals surface area contributed by atoms with Gasteiger partial charge in [0.15, 0.2) is 0 Å². The number of carbonyl (C=O) groups is 1. The smallest absolute Gasteiger partial charge is 0.255 e. The van der Waals surface area contributed by atoms with Crippen molar-refractivity contribution in [2.75, 3.05) is 50.9 Å². The van der Waals surface area contributed by atoms with E-state index in [1.165, 1.54) is 0 Å². The van der Waals surface area contributed by atoms with Crippen molar-refractivity contribution in [1.82, 2.24) is 4.90 Å². The van der Waals surface area contributed by atoms with Gasteiger partial charge in [-0.1, -0.05) is 12.1 Å². The molecule has 26 heavy (non-hydrogen) atoms. The van der Waals surface area contributed by atoms with Crippen LogP contribution in [0.15, 0.2) is 24.3 Å². The van der Waals surface area contributed by atoms with Gasteiger partial charge in [0.25, 0.3) is 5.91 Å². The van der Waals surface area contributed by atoms with Crippen molar-refractivity contribution in [1.29, 1.82) is 0 Å². The zero-order valence-electron chi connectivity index (χ0n) is 15.2. The molecule has 1 atom stereocenters. The van der Waals surface area contributed by atoms with E-state index in [1.54, 1.807) is 0 Å². The molecule has 0 aromatic heterocycles. The van der Waals surface area contributed by atoms with Gasteiger partial charge in [-0.3, -0.25) is 4.79 Å². The number of ether oxygens (including phenoxy) is 2. The quantitative estimate of drug-likeness (QED) is 0.869. The lowest BCUT2D eigenvalue weighted by atomic mass is 9.82. The van der Waals surface area contributed by atoms with Crippen molar-refractivity contribution in [3.05, 3.63) is 29.8 Å². The molecule has 0 saturated carbocycles. The summed E-state index contributed by atoms with van der Waals surface area (Å²) in [6.07, 6.45) is 2.72. The maximum Gasteiger partial charge on any atom is 0.255 e. The third-order valence-electron chi connectivity index (χ3n) is 6.00. The Morgan fingerprint density at radius 1 is 1.08 bits per heavy atom. The molecule has 6 nitrogen and oxygen atoms in total. The lowest BCUT2D eigenvalue weighted by Crippen LogP contribution is -2.56. The highest BCUT2D eigenvalue weighted by Crippen LogP contribution is 2.36. The maximum atomic E-state index is 13.2. The van der Waals surface area contributed by atoms with Gasteiger partial charge < -0.3 is 24.4 Å². The molecule has 3 aliphatic heterocycles. The lowest BCUT2D eigenvalue weighted by molar-refractivity contribution is -0.174. The molecule has 3 heterocycles. The monoisotopic (exact) mass is 360 g/mol. The molecule has 0 aliphatic carbocycles. The predicted molar refractivity (Wildman–Crippen MR) is 98.5 cm³/mol. The van der Waals surface area contributed by atoms with E-state index in [9.17, 15) is 9.90 Å². The standard InChI is InChI=1S/C20H28N2O4/c23-18-6-3-13-26-20(18)7-9-22(10-8-20)19(24)16-4-1-2-5-17(16)21-11-14-25-15-12-21/h1-2,4-5,18,23H,3,6-15H2. The molecule has 3 saturated heterocycles. The first-order valence-electron chi connectivity index (χ1n) is 9.73. The van der Waals surface area contributed by atoms with Gasteiger partial charge in [-0.15, -0.1) is 0 Å². The fourth-order valence-corrected chi connectivity index (χ4v) is 4.38. The van der Waals surface area contributed by atoms with E-state index in [-0.39, 0.29) is 5.91 Å². The molecule has 4 rings (SSSR count). The van der Waals surface area contributed by atoms with Gasteiger partial charge >= 0.3 is 0 Å². The zero-order chi connectivity index (χ0) is 18.0. The first kappa shape index (κ1) is 17.8. The number of carbonyl (C=O) groups excluding carboxylic acids is 1. The van der Waals surface area contributed by atoms with E-state index >= 15 is 0 Å². The first-order chi connectivity index (χ1) is 12.7. The van der Waals surface area contributed by atoms with E-state index in [0.29, 0.717) is 45.8 Å². The van der Waals surface area contributed by atoms with Gasteiger partial charge in [0.1, 0.15) is 0 Å². The van der Waals surface area contributed by atoms with Crippen LogP contribution in [0.2, 0.25) is 0 Å². The third kappa shape index (κ3) is 3.33. The van der Waals surface area contributed by atoms with Crippen LogP contribution in [0.5, 0.6) is 0 Å². The number of piperidine rings is 1. The highest BCUT2D eigenvalue weighted by Gasteiger charge is 2.44. The number of likely N-dealkylation sites (tertiary alicyclic amines) is 1. The Balaban J connectivity index is 1.47. The van der Waals surface area contributed by atoms with Gasteiger partial charge in [-0.2, -0.15) is 0 Å². The predicted octanol–water partition coefficient (Wildman–Crippen LogP) is 1.67. The summed E-state index contributed by atoms with van der Waals surface area (Å²) < 4.78 is 11.4. The molecule has 0 bridgehead atoms. The molecule has 1 N–H and O–H groups in total. The molecule has 1 aromatic rings. The molecular formula is C20H28N2O4. The van der Waals surface area contributed by atoms with Crippen molar-refractivity contribution in [2.24, 2.45) is 0 Å². The summed E-state index contributed by atoms with van der Waals surface area (Å²) in [6.45, 7) is 5.00. The normalized spacial score (nSPS) is 26.1. The average Bonchev–Trinajstić information content (AvgIpc) is 2.71. The molecule has 0 radical (unpaired) electrons. The van der Waals surface area contributed by atoms with Crippen molar-refractivity contribution < 1.29 is 19.4 Å². The molecule has 1 unspecified atom stereocenters. The number of aliphatic hydroxyl groups is 1. The van der Waals surface area contributed by atoms with Crippen molar-refractivity contribution >= 4 is 11.6 Å². The number of amides is 1. The van der Waals surface area contributed by atoms with Crippen LogP contribution >= 0.6 is 0 Å². The number of benzene rings is 1. The maximum absolute atomic E-state index is 13.2. The summed E-state index contributed by atoms with van der Waals surface area (Å²) in [5.74, 6) is 0.0761. The van der Waals surface area contributed by atoms with Crippen LogP contribution in [0.3, 0.4) is 0 Å². The Hall–Kier alpha value is -1.63. The molecule has 3 fully saturated rings. The Morgan fingerprint density at radius 2 is 1.81 bits per heavy atom. The van der Waals surface area contributed by atoms with Crippen LogP contribution in [0.25, 0.3) is 0 Å². The number of morpholine rings is 1. The number of anilines is 1. The lowest BCUT2D eigenvalue weighted by Gasteiger charge is -2.46. The van der Waals surface area contributed by atoms with Gasteiger partial charge in [0.05, 0.1) is 30.5 Å². The van der Waals surface area contributed by atoms with Gasteiger partial charge in [0.2, 0.25) is 0 Å². The Bertz CT molecular complexity index is 636. The summed E-state index contributed by atoms with van der Waals surface area (Å²) in [6, 6.07) is 7.86. The summed E-state index contributed by atoms with van der Waals surface area (Å²) in [5.41, 5.74) is 1.31. The number of rotatable bonds is 2. The minimum atomic E-state index is -0.446. The fourth-order valence-electron chi connectivity index (χ4n) is 4.38. The van der Waals surface area contributed by atoms with E-state index in [1.807, 2.05) is 29.2 Å². The molecule has 1 amide bonds. The molecule has 3 aliphatic rings. The highest BCUT2D eigenvalue weighted by atomic mass is 16.5. The largest absolute Gasteiger partial charge is 0.390 e. The second-order valence-corrected chi connectivity index (χ2v) is 7.48. The number of hydrogen-bond donors (Lipinski definition) is 1. The zero-order valence-corrected chi connectivity index (χ0v) is 15.2. The SMILES string of the molecule is O=C(c1ccccc1N1CCOCC1)N1CCC2(CC1)OCCCC2O. The molecule has 142 valence electrons. The first-order valence-corrected chi connectivity index (χ1v) is 9.73. The van der Waals surface area contributed by atoms with Gasteiger partial charge in [-0.25, -0.2) is 0 Å². The highest BCUT2D eigenvalue weighted by molar-refractivity contribution is 6.00. The second kappa shape index (κ2) is 7.55. The van der Waals surface area contributed by atoms with Crippen LogP contribution in [-0.4, -0.2) is 73.6 Å². The van der Waals surface area contributed by atoms with Gasteiger partial charge in [-0.05, 0) is 37.8 Å². The van der Waals surface area contributed by atoms with E-state index in [0.717, 1.165) is 37.2 Å². The minimum Gasteiger partial charge on any atom is -0.390 e. The second-order valence-electron chi connectivity index (χ2n) is 7.48. The van der Waals surface area contributed by atoms with E-state index < -0.39 is 11.7 Å². The number of nitrogens with zero attached hydrogens (tertiary/aromatic N) is 2. The third-order valence-corrected chi connectivity index (χ3v) is 6.00. The Labute approximate surface area is 154 Å². The van der Waals surface area contributed by atoms with Gasteiger partial charge in [0, 0.05) is 38.5 Å². The van der Waals surface area contributed by atoms with E-state index in [4.69, 9.17) is 9.47 Å². The topological polar surface area (TPSA) is 62.2 Å². The van der Waals surface area contributed by atoms with Crippen LogP contribution in [-0.2, 0) is 9.47 Å². The molecule has 1 aromatic carbocycles. The average molecular weight is 360 g/mol. The van der Waals surface area contributed by atoms with Crippen molar-refractivity contribution in [2.45, 2.75) is 37.4 Å². The minimum absolute atomic E-state index is 0.0761. The summed E-state index contributed by atoms with van der Waals surface area (Å²) in [5, 5.41) is 10.4. The molecular weight excluding hydrogens is 332 g/mol. The van der Waals surface area contributed by atoms with Crippen molar-refractivity contribution in [3.63, 3.8) is 0 Å². The number of aliphatic hydroxyl groups excluding tert-OH is 1. The van der Waals surface area contributed by atoms with Crippen molar-refractivity contribution in [3.8, 4) is 0 Å². The van der Waals surface area contributed by atoms with Crippen LogP contribution in [0.4, 0.5) is 5.69 Å². The Kier molecular flexibility index (Phi) is 5.16. The Morgan fingerprint density at radius 3 is 2.54 bits per heavy atom. The number of hydrogen-bond acceptors (Lipinski definition) is 5.